The summed E-state index contributed by atoms with van der Waals surface area (Å²) in [6.07, 6.45) is 2.00. The lowest BCUT2D eigenvalue weighted by molar-refractivity contribution is -0.129. The van der Waals surface area contributed by atoms with E-state index in [1.807, 2.05) is 37.6 Å². The minimum atomic E-state index is -0.495. The van der Waals surface area contributed by atoms with E-state index in [9.17, 15) is 9.59 Å². The number of hydrogen-bond donors (Lipinski definition) is 0. The second kappa shape index (κ2) is 7.34. The number of carbonyl (C=O) groups excluding carboxylic acids is 2. The Morgan fingerprint density at radius 2 is 2.17 bits per heavy atom. The summed E-state index contributed by atoms with van der Waals surface area (Å²) in [5.74, 6) is 0.0828. The van der Waals surface area contributed by atoms with Crippen LogP contribution in [-0.2, 0) is 16.0 Å². The third-order valence-corrected chi connectivity index (χ3v) is 4.58. The normalized spacial score (nSPS) is 18.1. The molecule has 0 saturated carbocycles. The molecule has 1 aromatic rings. The molecule has 0 bridgehead atoms. The van der Waals surface area contributed by atoms with Gasteiger partial charge in [0.1, 0.15) is 5.60 Å². The van der Waals surface area contributed by atoms with Crippen LogP contribution < -0.4 is 0 Å². The Bertz CT molecular complexity index is 537. The Hall–Kier alpha value is -1.56. The lowest BCUT2D eigenvalue weighted by atomic mass is 10.2. The van der Waals surface area contributed by atoms with Crippen LogP contribution in [0.15, 0.2) is 16.8 Å². The fourth-order valence-electron chi connectivity index (χ4n) is 2.71. The molecule has 0 unspecified atom stereocenters. The quantitative estimate of drug-likeness (QED) is 0.847. The summed E-state index contributed by atoms with van der Waals surface area (Å²) in [7, 11) is 1.81. The van der Waals surface area contributed by atoms with Crippen molar-refractivity contribution < 1.29 is 14.3 Å². The minimum absolute atomic E-state index is 0.0428. The number of likely N-dealkylation sites (tertiary alicyclic amines) is 1. The molecule has 1 saturated heterocycles. The third-order valence-electron chi connectivity index (χ3n) is 3.85. The molecule has 0 N–H and O–H groups in total. The van der Waals surface area contributed by atoms with Crippen molar-refractivity contribution in [3.63, 3.8) is 0 Å². The largest absolute Gasteiger partial charge is 0.444 e. The van der Waals surface area contributed by atoms with E-state index in [-0.39, 0.29) is 18.0 Å². The van der Waals surface area contributed by atoms with Crippen molar-refractivity contribution in [3.8, 4) is 0 Å². The van der Waals surface area contributed by atoms with Gasteiger partial charge in [-0.2, -0.15) is 11.3 Å². The Balaban J connectivity index is 1.90. The van der Waals surface area contributed by atoms with Crippen molar-refractivity contribution in [2.24, 2.45) is 0 Å². The molecular weight excluding hydrogens is 312 g/mol. The van der Waals surface area contributed by atoms with Gasteiger partial charge in [-0.05, 0) is 56.0 Å². The summed E-state index contributed by atoms with van der Waals surface area (Å²) in [5, 5.41) is 3.97. The van der Waals surface area contributed by atoms with Gasteiger partial charge in [0, 0.05) is 20.1 Å². The number of nitrogens with zero attached hydrogens (tertiary/aromatic N) is 2. The van der Waals surface area contributed by atoms with Crippen LogP contribution in [0.3, 0.4) is 0 Å². The third kappa shape index (κ3) is 5.23. The smallest absolute Gasteiger partial charge is 0.410 e. The highest BCUT2D eigenvalue weighted by Crippen LogP contribution is 2.21. The summed E-state index contributed by atoms with van der Waals surface area (Å²) in [6.45, 7) is 6.86. The molecule has 6 heteroatoms. The summed E-state index contributed by atoms with van der Waals surface area (Å²) < 4.78 is 5.46. The molecule has 0 spiro atoms. The fourth-order valence-corrected chi connectivity index (χ4v) is 3.38. The van der Waals surface area contributed by atoms with Gasteiger partial charge in [-0.15, -0.1) is 0 Å². The van der Waals surface area contributed by atoms with Crippen LogP contribution in [0.4, 0.5) is 4.79 Å². The second-order valence-electron chi connectivity index (χ2n) is 7.05. The van der Waals surface area contributed by atoms with E-state index in [2.05, 4.69) is 0 Å². The maximum Gasteiger partial charge on any atom is 0.410 e. The second-order valence-corrected chi connectivity index (χ2v) is 7.83. The van der Waals surface area contributed by atoms with Crippen LogP contribution in [0.2, 0.25) is 0 Å². The predicted octanol–water partition coefficient (Wildman–Crippen LogP) is 3.15. The lowest BCUT2D eigenvalue weighted by Gasteiger charge is -2.31. The molecule has 2 rings (SSSR count). The molecule has 1 atom stereocenters. The van der Waals surface area contributed by atoms with Gasteiger partial charge < -0.3 is 14.5 Å². The molecule has 5 nitrogen and oxygen atoms in total. The topological polar surface area (TPSA) is 49.9 Å². The van der Waals surface area contributed by atoms with E-state index in [4.69, 9.17) is 4.74 Å². The van der Waals surface area contributed by atoms with Gasteiger partial charge in [0.15, 0.2) is 0 Å². The van der Waals surface area contributed by atoms with Gasteiger partial charge in [0.05, 0.1) is 12.5 Å². The number of hydrogen-bond acceptors (Lipinski definition) is 4. The first kappa shape index (κ1) is 17.8. The number of thiophene rings is 1. The number of carbonyl (C=O) groups is 2. The SMILES string of the molecule is CN(C[C@@H]1CCCN1C(=O)OC(C)(C)C)C(=O)Cc1ccsc1. The zero-order chi connectivity index (χ0) is 17.0. The van der Waals surface area contributed by atoms with Gasteiger partial charge in [0.2, 0.25) is 5.91 Å². The standard InChI is InChI=1S/C17H26N2O3S/c1-17(2,3)22-16(21)19-8-5-6-14(19)11-18(4)15(20)10-13-7-9-23-12-13/h7,9,12,14H,5-6,8,10-11H2,1-4H3/t14-/m0/s1. The summed E-state index contributed by atoms with van der Waals surface area (Å²) in [4.78, 5) is 28.1. The molecule has 0 radical (unpaired) electrons. The van der Waals surface area contributed by atoms with E-state index < -0.39 is 5.60 Å². The van der Waals surface area contributed by atoms with Crippen LogP contribution in [0.1, 0.15) is 39.2 Å². The summed E-state index contributed by atoms with van der Waals surface area (Å²) in [6, 6.07) is 2.01. The molecule has 1 aliphatic rings. The van der Waals surface area contributed by atoms with Crippen molar-refractivity contribution in [1.29, 1.82) is 0 Å². The predicted molar refractivity (Wildman–Crippen MR) is 91.6 cm³/mol. The molecule has 2 amide bonds. The molecule has 1 aliphatic heterocycles. The Kier molecular flexibility index (Phi) is 5.68. The number of amides is 2. The van der Waals surface area contributed by atoms with E-state index in [1.54, 1.807) is 28.2 Å². The number of likely N-dealkylation sites (N-methyl/N-ethyl adjacent to an activating group) is 1. The lowest BCUT2D eigenvalue weighted by Crippen LogP contribution is -2.45. The molecule has 128 valence electrons. The molecular formula is C17H26N2O3S. The average molecular weight is 338 g/mol. The summed E-state index contributed by atoms with van der Waals surface area (Å²) >= 11 is 1.60. The first-order valence-electron chi connectivity index (χ1n) is 8.01. The number of rotatable bonds is 4. The van der Waals surface area contributed by atoms with Gasteiger partial charge >= 0.3 is 6.09 Å². The number of ether oxygens (including phenoxy) is 1. The van der Waals surface area contributed by atoms with E-state index >= 15 is 0 Å². The highest BCUT2D eigenvalue weighted by Gasteiger charge is 2.33. The first-order valence-corrected chi connectivity index (χ1v) is 8.95. The zero-order valence-corrected chi connectivity index (χ0v) is 15.2. The fraction of sp³-hybridized carbons (Fsp3) is 0.647. The minimum Gasteiger partial charge on any atom is -0.444 e. The van der Waals surface area contributed by atoms with Crippen molar-refractivity contribution in [2.45, 2.75) is 51.7 Å². The first-order chi connectivity index (χ1) is 10.8. The van der Waals surface area contributed by atoms with Gasteiger partial charge in [-0.25, -0.2) is 4.79 Å². The molecule has 23 heavy (non-hydrogen) atoms. The highest BCUT2D eigenvalue weighted by atomic mass is 32.1. The molecule has 1 fully saturated rings. The molecule has 0 aromatic carbocycles. The maximum absolute atomic E-state index is 12.3. The van der Waals surface area contributed by atoms with Gasteiger partial charge in [0.25, 0.3) is 0 Å². The Morgan fingerprint density at radius 1 is 1.43 bits per heavy atom. The molecule has 0 aliphatic carbocycles. The van der Waals surface area contributed by atoms with Gasteiger partial charge in [-0.1, -0.05) is 0 Å². The monoisotopic (exact) mass is 338 g/mol. The van der Waals surface area contributed by atoms with Crippen LogP contribution in [-0.4, -0.2) is 53.6 Å². The van der Waals surface area contributed by atoms with Crippen molar-refractivity contribution in [3.05, 3.63) is 22.4 Å². The molecule has 2 heterocycles. The highest BCUT2D eigenvalue weighted by molar-refractivity contribution is 7.07. The maximum atomic E-state index is 12.3. The Labute approximate surface area is 142 Å². The van der Waals surface area contributed by atoms with E-state index in [0.717, 1.165) is 18.4 Å². The summed E-state index contributed by atoms with van der Waals surface area (Å²) in [5.41, 5.74) is 0.549. The van der Waals surface area contributed by atoms with Crippen LogP contribution in [0, 0.1) is 0 Å². The van der Waals surface area contributed by atoms with Crippen LogP contribution in [0.25, 0.3) is 0 Å². The van der Waals surface area contributed by atoms with E-state index in [1.165, 1.54) is 0 Å². The zero-order valence-electron chi connectivity index (χ0n) is 14.4. The average Bonchev–Trinajstić information content (AvgIpc) is 3.07. The van der Waals surface area contributed by atoms with E-state index in [0.29, 0.717) is 19.5 Å². The van der Waals surface area contributed by atoms with Crippen LogP contribution in [0.5, 0.6) is 0 Å². The van der Waals surface area contributed by atoms with Crippen molar-refractivity contribution >= 4 is 23.3 Å². The van der Waals surface area contributed by atoms with Crippen molar-refractivity contribution in [2.75, 3.05) is 20.1 Å². The molecule has 1 aromatic heterocycles. The van der Waals surface area contributed by atoms with Gasteiger partial charge in [-0.3, -0.25) is 4.79 Å². The van der Waals surface area contributed by atoms with Crippen molar-refractivity contribution in [1.82, 2.24) is 9.80 Å². The Morgan fingerprint density at radius 3 is 2.78 bits per heavy atom. The van der Waals surface area contributed by atoms with Crippen LogP contribution >= 0.6 is 11.3 Å².